The smallest absolute Gasteiger partial charge is 0.167 e. The number of aliphatic hydroxyl groups excluding tert-OH is 1. The van der Waals surface area contributed by atoms with Crippen molar-refractivity contribution in [3.05, 3.63) is 16.8 Å². The first-order valence-corrected chi connectivity index (χ1v) is 7.45. The molecule has 0 radical (unpaired) electrons. The van der Waals surface area contributed by atoms with E-state index in [1.165, 1.54) is 0 Å². The molecule has 0 aromatic carbocycles. The van der Waals surface area contributed by atoms with Crippen molar-refractivity contribution < 1.29 is 9.84 Å². The zero-order chi connectivity index (χ0) is 15.3. The van der Waals surface area contributed by atoms with Crippen LogP contribution in [0.2, 0.25) is 0 Å². The highest BCUT2D eigenvalue weighted by Gasteiger charge is 2.33. The molecule has 1 aromatic heterocycles. The lowest BCUT2D eigenvalue weighted by molar-refractivity contribution is 0.0378. The van der Waals surface area contributed by atoms with Gasteiger partial charge in [-0.2, -0.15) is 10.4 Å². The summed E-state index contributed by atoms with van der Waals surface area (Å²) < 4.78 is 5.35. The molecule has 1 aliphatic rings. The van der Waals surface area contributed by atoms with E-state index in [-0.39, 0.29) is 6.61 Å². The molecule has 0 saturated carbocycles. The van der Waals surface area contributed by atoms with Gasteiger partial charge >= 0.3 is 0 Å². The highest BCUT2D eigenvalue weighted by Crippen LogP contribution is 2.28. The second-order valence-electron chi connectivity index (χ2n) is 5.34. The quantitative estimate of drug-likeness (QED) is 0.852. The fourth-order valence-corrected chi connectivity index (χ4v) is 2.72. The van der Waals surface area contributed by atoms with Crippen molar-refractivity contribution in [3.63, 3.8) is 0 Å². The normalized spacial score (nSPS) is 17.2. The van der Waals surface area contributed by atoms with Crippen LogP contribution in [0.5, 0.6) is 0 Å². The molecule has 21 heavy (non-hydrogen) atoms. The van der Waals surface area contributed by atoms with Crippen LogP contribution in [0.1, 0.15) is 43.5 Å². The molecule has 6 nitrogen and oxygen atoms in total. The number of anilines is 1. The molecule has 0 bridgehead atoms. The third kappa shape index (κ3) is 3.14. The van der Waals surface area contributed by atoms with Gasteiger partial charge < -0.3 is 15.2 Å². The number of ether oxygens (including phenoxy) is 1. The van der Waals surface area contributed by atoms with Crippen LogP contribution in [0.3, 0.4) is 0 Å². The van der Waals surface area contributed by atoms with Crippen molar-refractivity contribution in [2.75, 3.05) is 25.1 Å². The first kappa shape index (κ1) is 15.7. The zero-order valence-electron chi connectivity index (χ0n) is 12.6. The second kappa shape index (κ2) is 6.83. The minimum absolute atomic E-state index is 0.0140. The molecule has 2 heterocycles. The van der Waals surface area contributed by atoms with Gasteiger partial charge in [-0.3, -0.25) is 0 Å². The Labute approximate surface area is 125 Å². The first-order chi connectivity index (χ1) is 10.2. The summed E-state index contributed by atoms with van der Waals surface area (Å²) in [5, 5.41) is 30.9. The van der Waals surface area contributed by atoms with Gasteiger partial charge in [0.15, 0.2) is 5.82 Å². The minimum Gasteiger partial charge on any atom is -0.394 e. The maximum absolute atomic E-state index is 9.74. The van der Waals surface area contributed by atoms with Crippen molar-refractivity contribution in [2.45, 2.75) is 45.1 Å². The number of aromatic nitrogens is 2. The number of nitrogens with zero attached hydrogens (tertiary/aromatic N) is 3. The summed E-state index contributed by atoms with van der Waals surface area (Å²) in [7, 11) is 0. The molecule has 1 aromatic rings. The second-order valence-corrected chi connectivity index (χ2v) is 5.34. The molecule has 1 aliphatic heterocycles. The van der Waals surface area contributed by atoms with Gasteiger partial charge in [0.2, 0.25) is 0 Å². The number of aryl methyl sites for hydroxylation is 1. The van der Waals surface area contributed by atoms with Gasteiger partial charge in [0.25, 0.3) is 0 Å². The van der Waals surface area contributed by atoms with Crippen LogP contribution in [0.4, 0.5) is 5.82 Å². The van der Waals surface area contributed by atoms with Gasteiger partial charge in [-0.1, -0.05) is 13.8 Å². The summed E-state index contributed by atoms with van der Waals surface area (Å²) in [6.45, 7) is 5.19. The average molecular weight is 290 g/mol. The van der Waals surface area contributed by atoms with Crippen LogP contribution < -0.4 is 5.32 Å². The number of hydrogen-bond donors (Lipinski definition) is 2. The summed E-state index contributed by atoms with van der Waals surface area (Å²) in [5.74, 6) is 0.475. The molecule has 2 N–H and O–H groups in total. The van der Waals surface area contributed by atoms with Gasteiger partial charge in [-0.15, -0.1) is 5.10 Å². The molecule has 6 heteroatoms. The molecule has 0 spiro atoms. The lowest BCUT2D eigenvalue weighted by Gasteiger charge is -2.37. The summed E-state index contributed by atoms with van der Waals surface area (Å²) in [6.07, 6.45) is 2.87. The lowest BCUT2D eigenvalue weighted by atomic mass is 9.90. The van der Waals surface area contributed by atoms with E-state index < -0.39 is 5.54 Å². The highest BCUT2D eigenvalue weighted by atomic mass is 16.5. The van der Waals surface area contributed by atoms with Gasteiger partial charge in [0.05, 0.1) is 17.8 Å². The number of hydrogen-bond acceptors (Lipinski definition) is 6. The first-order valence-electron chi connectivity index (χ1n) is 7.45. The molecule has 114 valence electrons. The van der Waals surface area contributed by atoms with E-state index in [2.05, 4.69) is 21.6 Å². The Kier molecular flexibility index (Phi) is 5.10. The maximum Gasteiger partial charge on any atom is 0.167 e. The molecule has 0 atom stereocenters. The van der Waals surface area contributed by atoms with Crippen LogP contribution in [-0.4, -0.2) is 40.7 Å². The van der Waals surface area contributed by atoms with Crippen LogP contribution in [0, 0.1) is 11.3 Å². The summed E-state index contributed by atoms with van der Waals surface area (Å²) in [5.41, 5.74) is 1.88. The van der Waals surface area contributed by atoms with E-state index in [0.29, 0.717) is 37.4 Å². The Morgan fingerprint density at radius 1 is 1.29 bits per heavy atom. The summed E-state index contributed by atoms with van der Waals surface area (Å²) >= 11 is 0. The number of aliphatic hydroxyl groups is 1. The maximum atomic E-state index is 9.74. The molecule has 0 amide bonds. The Morgan fingerprint density at radius 3 is 2.52 bits per heavy atom. The van der Waals surface area contributed by atoms with Gasteiger partial charge in [-0.05, 0) is 31.2 Å². The van der Waals surface area contributed by atoms with Crippen molar-refractivity contribution in [3.8, 4) is 6.07 Å². The molecular weight excluding hydrogens is 268 g/mol. The van der Waals surface area contributed by atoms with E-state index in [0.717, 1.165) is 24.1 Å². The average Bonchev–Trinajstić information content (AvgIpc) is 2.55. The molecule has 1 saturated heterocycles. The molecule has 0 aliphatic carbocycles. The standard InChI is InChI=1S/C15H22N4O2/c1-3-11-12(9-16)14(19-18-13(11)4-2)17-15(10-20)5-7-21-8-6-15/h20H,3-8,10H2,1-2H3,(H,17,19). The lowest BCUT2D eigenvalue weighted by Crippen LogP contribution is -2.47. The molecular formula is C15H22N4O2. The Bertz CT molecular complexity index is 533. The molecule has 2 rings (SSSR count). The monoisotopic (exact) mass is 290 g/mol. The van der Waals surface area contributed by atoms with Crippen molar-refractivity contribution in [2.24, 2.45) is 0 Å². The van der Waals surface area contributed by atoms with E-state index >= 15 is 0 Å². The minimum atomic E-state index is -0.475. The van der Waals surface area contributed by atoms with Crippen LogP contribution >= 0.6 is 0 Å². The number of nitrogens with one attached hydrogen (secondary N) is 1. The van der Waals surface area contributed by atoms with E-state index in [1.54, 1.807) is 0 Å². The Hall–Kier alpha value is -1.71. The van der Waals surface area contributed by atoms with Crippen LogP contribution in [0.15, 0.2) is 0 Å². The van der Waals surface area contributed by atoms with Crippen LogP contribution in [0.25, 0.3) is 0 Å². The number of nitriles is 1. The third-order valence-electron chi connectivity index (χ3n) is 4.09. The summed E-state index contributed by atoms with van der Waals surface area (Å²) in [6, 6.07) is 2.24. The van der Waals surface area contributed by atoms with Crippen molar-refractivity contribution in [1.29, 1.82) is 5.26 Å². The van der Waals surface area contributed by atoms with Crippen LogP contribution in [-0.2, 0) is 17.6 Å². The molecule has 0 unspecified atom stereocenters. The van der Waals surface area contributed by atoms with Crippen molar-refractivity contribution >= 4 is 5.82 Å². The number of rotatable bonds is 5. The Balaban J connectivity index is 2.37. The summed E-state index contributed by atoms with van der Waals surface area (Å²) in [4.78, 5) is 0. The van der Waals surface area contributed by atoms with Gasteiger partial charge in [0, 0.05) is 13.2 Å². The van der Waals surface area contributed by atoms with E-state index in [4.69, 9.17) is 4.74 Å². The third-order valence-corrected chi connectivity index (χ3v) is 4.09. The zero-order valence-corrected chi connectivity index (χ0v) is 12.6. The predicted octanol–water partition coefficient (Wildman–Crippen LogP) is 1.43. The largest absolute Gasteiger partial charge is 0.394 e. The van der Waals surface area contributed by atoms with Gasteiger partial charge in [-0.25, -0.2) is 0 Å². The van der Waals surface area contributed by atoms with E-state index in [9.17, 15) is 10.4 Å². The molecule has 1 fully saturated rings. The Morgan fingerprint density at radius 2 is 2.00 bits per heavy atom. The fraction of sp³-hybridized carbons (Fsp3) is 0.667. The SMILES string of the molecule is CCc1nnc(NC2(CO)CCOCC2)c(C#N)c1CC. The predicted molar refractivity (Wildman–Crippen MR) is 79.0 cm³/mol. The van der Waals surface area contributed by atoms with E-state index in [1.807, 2.05) is 13.8 Å². The topological polar surface area (TPSA) is 91.1 Å². The highest BCUT2D eigenvalue weighted by molar-refractivity contribution is 5.57. The van der Waals surface area contributed by atoms with Crippen molar-refractivity contribution in [1.82, 2.24) is 10.2 Å². The van der Waals surface area contributed by atoms with Gasteiger partial charge in [0.1, 0.15) is 11.6 Å². The fourth-order valence-electron chi connectivity index (χ4n) is 2.72.